The Hall–Kier alpha value is -2.56. The van der Waals surface area contributed by atoms with E-state index >= 15 is 0 Å². The van der Waals surface area contributed by atoms with E-state index in [-0.39, 0.29) is 18.8 Å². The van der Waals surface area contributed by atoms with Crippen LogP contribution < -0.4 is 18.9 Å². The average molecular weight is 425 g/mol. The predicted octanol–water partition coefficient (Wildman–Crippen LogP) is 5.91. The van der Waals surface area contributed by atoms with Crippen LogP contribution in [0.5, 0.6) is 28.7 Å². The second-order valence-electron chi connectivity index (χ2n) is 9.81. The molecule has 2 aromatic carbocycles. The number of benzene rings is 2. The minimum atomic E-state index is -0.113. The molecule has 0 unspecified atom stereocenters. The third-order valence-electron chi connectivity index (χ3n) is 6.67. The first-order valence-corrected chi connectivity index (χ1v) is 11.5. The van der Waals surface area contributed by atoms with Crippen molar-refractivity contribution in [1.82, 2.24) is 0 Å². The van der Waals surface area contributed by atoms with Gasteiger partial charge in [0, 0.05) is 22.3 Å². The molecule has 1 N–H and O–H groups in total. The van der Waals surface area contributed by atoms with Gasteiger partial charge in [0.1, 0.15) is 23.4 Å². The van der Waals surface area contributed by atoms with Crippen LogP contribution in [0.15, 0.2) is 18.2 Å². The van der Waals surface area contributed by atoms with Gasteiger partial charge in [0.2, 0.25) is 6.79 Å². The highest BCUT2D eigenvalue weighted by atomic mass is 16.7. The molecule has 0 fully saturated rings. The van der Waals surface area contributed by atoms with Crippen molar-refractivity contribution in [2.75, 3.05) is 13.4 Å². The van der Waals surface area contributed by atoms with E-state index in [4.69, 9.17) is 18.9 Å². The van der Waals surface area contributed by atoms with Crippen LogP contribution in [0, 0.1) is 11.8 Å². The van der Waals surface area contributed by atoms with Crippen LogP contribution >= 0.6 is 0 Å². The smallest absolute Gasteiger partial charge is 0.231 e. The summed E-state index contributed by atoms with van der Waals surface area (Å²) in [6, 6.07) is 5.83. The fourth-order valence-electron chi connectivity index (χ4n) is 4.90. The van der Waals surface area contributed by atoms with Crippen LogP contribution in [0.2, 0.25) is 0 Å². The maximum Gasteiger partial charge on any atom is 0.231 e. The molecular weight excluding hydrogens is 392 g/mol. The van der Waals surface area contributed by atoms with Crippen molar-refractivity contribution in [1.29, 1.82) is 0 Å². The van der Waals surface area contributed by atoms with E-state index in [1.807, 2.05) is 6.07 Å². The second-order valence-corrected chi connectivity index (χ2v) is 9.81. The highest BCUT2D eigenvalue weighted by Gasteiger charge is 2.44. The molecule has 5 rings (SSSR count). The van der Waals surface area contributed by atoms with Gasteiger partial charge in [-0.2, -0.15) is 0 Å². The van der Waals surface area contributed by atoms with Gasteiger partial charge in [0.15, 0.2) is 11.5 Å². The Kier molecular flexibility index (Phi) is 5.15. The standard InChI is InChI=1S/C26H32O5/c1-14(2)5-7-16-21(27)10-9-17-23(16)28-12-20-19-11-22-26(30-13-29-22)18(8-6-15(3)4)24(19)31-25(17)20/h9-11,14-15,20,25,27H,5-8,12-13H2,1-4H3/t20-,25-/m0/s1. The molecule has 2 aromatic rings. The molecule has 3 aliphatic heterocycles. The summed E-state index contributed by atoms with van der Waals surface area (Å²) in [5, 5.41) is 10.5. The van der Waals surface area contributed by atoms with Gasteiger partial charge in [-0.05, 0) is 55.7 Å². The molecule has 3 heterocycles. The van der Waals surface area contributed by atoms with E-state index in [0.717, 1.165) is 70.9 Å². The zero-order chi connectivity index (χ0) is 21.7. The third kappa shape index (κ3) is 3.48. The molecule has 5 nitrogen and oxygen atoms in total. The molecule has 0 spiro atoms. The molecule has 0 saturated carbocycles. The SMILES string of the molecule is CC(C)CCc1c2c(cc3c1O[C@H]1c4ccc(O)c(CCC(C)C)c4OC[C@@H]31)OCO2. The number of phenols is 1. The lowest BCUT2D eigenvalue weighted by Gasteiger charge is -2.30. The summed E-state index contributed by atoms with van der Waals surface area (Å²) in [6.45, 7) is 9.66. The first-order chi connectivity index (χ1) is 14.9. The highest BCUT2D eigenvalue weighted by Crippen LogP contribution is 2.57. The van der Waals surface area contributed by atoms with Crippen LogP contribution in [-0.2, 0) is 12.8 Å². The number of hydrogen-bond donors (Lipinski definition) is 1. The number of aromatic hydroxyl groups is 1. The van der Waals surface area contributed by atoms with Gasteiger partial charge in [-0.25, -0.2) is 0 Å². The minimum absolute atomic E-state index is 0.109. The van der Waals surface area contributed by atoms with Crippen LogP contribution in [0.4, 0.5) is 0 Å². The van der Waals surface area contributed by atoms with Crippen molar-refractivity contribution < 1.29 is 24.1 Å². The van der Waals surface area contributed by atoms with E-state index in [9.17, 15) is 5.11 Å². The van der Waals surface area contributed by atoms with Gasteiger partial charge in [-0.1, -0.05) is 27.7 Å². The molecule has 0 aliphatic carbocycles. The van der Waals surface area contributed by atoms with Crippen molar-refractivity contribution >= 4 is 0 Å². The molecular formula is C26H32O5. The Morgan fingerprint density at radius 3 is 2.35 bits per heavy atom. The van der Waals surface area contributed by atoms with Gasteiger partial charge in [-0.15, -0.1) is 0 Å². The minimum Gasteiger partial charge on any atom is -0.508 e. The molecule has 166 valence electrons. The van der Waals surface area contributed by atoms with Crippen molar-refractivity contribution in [2.24, 2.45) is 11.8 Å². The first kappa shape index (κ1) is 20.3. The maximum absolute atomic E-state index is 10.5. The summed E-state index contributed by atoms with van der Waals surface area (Å²) in [5.74, 6) is 4.96. The molecule has 0 radical (unpaired) electrons. The number of fused-ring (bicyclic) bond motifs is 6. The Labute approximate surface area is 184 Å². The Morgan fingerprint density at radius 1 is 0.871 bits per heavy atom. The molecule has 0 aromatic heterocycles. The van der Waals surface area contributed by atoms with E-state index in [1.165, 1.54) is 0 Å². The first-order valence-electron chi connectivity index (χ1n) is 11.5. The molecule has 3 aliphatic rings. The van der Waals surface area contributed by atoms with Gasteiger partial charge in [0.05, 0.1) is 12.5 Å². The largest absolute Gasteiger partial charge is 0.508 e. The van der Waals surface area contributed by atoms with Crippen molar-refractivity contribution in [3.05, 3.63) is 40.5 Å². The van der Waals surface area contributed by atoms with E-state index in [0.29, 0.717) is 24.2 Å². The summed E-state index contributed by atoms with van der Waals surface area (Å²) in [6.07, 6.45) is 3.65. The Morgan fingerprint density at radius 2 is 1.61 bits per heavy atom. The fourth-order valence-corrected chi connectivity index (χ4v) is 4.90. The monoisotopic (exact) mass is 424 g/mol. The molecule has 0 saturated heterocycles. The van der Waals surface area contributed by atoms with Gasteiger partial charge in [-0.3, -0.25) is 0 Å². The van der Waals surface area contributed by atoms with Crippen LogP contribution in [0.3, 0.4) is 0 Å². The molecule has 0 bridgehead atoms. The van der Waals surface area contributed by atoms with Gasteiger partial charge in [0.25, 0.3) is 0 Å². The quantitative estimate of drug-likeness (QED) is 0.625. The van der Waals surface area contributed by atoms with Crippen LogP contribution in [-0.4, -0.2) is 18.5 Å². The summed E-state index contributed by atoms with van der Waals surface area (Å²) >= 11 is 0. The van der Waals surface area contributed by atoms with Crippen molar-refractivity contribution in [3.63, 3.8) is 0 Å². The Balaban J connectivity index is 1.53. The molecule has 31 heavy (non-hydrogen) atoms. The lowest BCUT2D eigenvalue weighted by Crippen LogP contribution is -2.24. The topological polar surface area (TPSA) is 57.2 Å². The number of rotatable bonds is 6. The summed E-state index contributed by atoms with van der Waals surface area (Å²) in [5.41, 5.74) is 4.20. The van der Waals surface area contributed by atoms with E-state index < -0.39 is 0 Å². The number of phenolic OH excluding ortho intramolecular Hbond substituents is 1. The fraction of sp³-hybridized carbons (Fsp3) is 0.538. The molecule has 0 amide bonds. The average Bonchev–Trinajstić information content (AvgIpc) is 3.34. The van der Waals surface area contributed by atoms with E-state index in [2.05, 4.69) is 33.8 Å². The van der Waals surface area contributed by atoms with Crippen molar-refractivity contribution in [3.8, 4) is 28.7 Å². The third-order valence-corrected chi connectivity index (χ3v) is 6.67. The predicted molar refractivity (Wildman–Crippen MR) is 119 cm³/mol. The van der Waals surface area contributed by atoms with Crippen LogP contribution in [0.1, 0.15) is 74.8 Å². The number of hydrogen-bond acceptors (Lipinski definition) is 5. The summed E-state index contributed by atoms with van der Waals surface area (Å²) in [4.78, 5) is 0. The number of ether oxygens (including phenoxy) is 4. The van der Waals surface area contributed by atoms with Gasteiger partial charge >= 0.3 is 0 Å². The molecule has 2 atom stereocenters. The lowest BCUT2D eigenvalue weighted by molar-refractivity contribution is 0.136. The molecule has 5 heteroatoms. The second kappa shape index (κ2) is 7.85. The zero-order valence-electron chi connectivity index (χ0n) is 18.9. The lowest BCUT2D eigenvalue weighted by atomic mass is 9.86. The van der Waals surface area contributed by atoms with E-state index in [1.54, 1.807) is 6.07 Å². The summed E-state index contributed by atoms with van der Waals surface area (Å²) in [7, 11) is 0. The maximum atomic E-state index is 10.5. The Bertz CT molecular complexity index is 994. The van der Waals surface area contributed by atoms with Gasteiger partial charge < -0.3 is 24.1 Å². The van der Waals surface area contributed by atoms with Crippen molar-refractivity contribution in [2.45, 2.75) is 65.4 Å². The highest BCUT2D eigenvalue weighted by molar-refractivity contribution is 5.64. The summed E-state index contributed by atoms with van der Waals surface area (Å²) < 4.78 is 24.5. The normalized spacial score (nSPS) is 20.3. The van der Waals surface area contributed by atoms with Crippen LogP contribution in [0.25, 0.3) is 0 Å². The zero-order valence-corrected chi connectivity index (χ0v) is 18.9.